The fourth-order valence-electron chi connectivity index (χ4n) is 9.16. The van der Waals surface area contributed by atoms with E-state index in [1.165, 1.54) is 33.0 Å². The maximum absolute atomic E-state index is 5.19. The molecule has 0 radical (unpaired) electrons. The SMILES string of the molecule is c1ccc(-c2ccc(-c3cccc(-c4ccccc4-n4c5ccccc5c5c6c7ccccc7n(-c7nc(-c8ccccc8)nc(-c8ccccc8)n7)c6ccc54)c3)cc2)cc1. The first-order valence-electron chi connectivity index (χ1n) is 21.0. The molecule has 0 unspecified atom stereocenters. The molecule has 0 bridgehead atoms. The van der Waals surface area contributed by atoms with Gasteiger partial charge >= 0.3 is 0 Å². The summed E-state index contributed by atoms with van der Waals surface area (Å²) in [7, 11) is 0. The summed E-state index contributed by atoms with van der Waals surface area (Å²) in [5.41, 5.74) is 14.4. The van der Waals surface area contributed by atoms with E-state index in [-0.39, 0.29) is 0 Å². The molecule has 0 atom stereocenters. The van der Waals surface area contributed by atoms with E-state index in [0.717, 1.165) is 60.8 Å². The number of hydrogen-bond acceptors (Lipinski definition) is 3. The molecule has 3 aromatic heterocycles. The van der Waals surface area contributed by atoms with Crippen molar-refractivity contribution in [3.8, 4) is 67.8 Å². The second kappa shape index (κ2) is 14.7. The third-order valence-electron chi connectivity index (χ3n) is 12.0. The van der Waals surface area contributed by atoms with Gasteiger partial charge in [0.25, 0.3) is 0 Å². The molecule has 0 fully saturated rings. The summed E-state index contributed by atoms with van der Waals surface area (Å²) in [4.78, 5) is 15.4. The minimum atomic E-state index is 0.576. The molecule has 9 aromatic carbocycles. The molecule has 5 nitrogen and oxygen atoms in total. The Morgan fingerprint density at radius 2 is 0.710 bits per heavy atom. The van der Waals surface area contributed by atoms with Gasteiger partial charge < -0.3 is 4.57 Å². The van der Waals surface area contributed by atoms with Crippen molar-refractivity contribution in [2.75, 3.05) is 0 Å². The standard InChI is InChI=1S/C57H37N5/c1-4-17-38(18-5-1)39-31-33-40(34-32-39)43-23-16-24-44(37-43)45-25-10-13-28-48(45)61-49-29-14-11-26-46(49)53-51(61)35-36-52-54(53)47-27-12-15-30-50(47)62(52)57-59-55(41-19-6-2-7-20-41)58-56(60-57)42-21-8-3-9-22-42/h1-37H. The van der Waals surface area contributed by atoms with Gasteiger partial charge in [-0.3, -0.25) is 4.57 Å². The molecule has 0 aliphatic rings. The molecule has 62 heavy (non-hydrogen) atoms. The second-order valence-electron chi connectivity index (χ2n) is 15.6. The van der Waals surface area contributed by atoms with Gasteiger partial charge in [0.05, 0.1) is 27.8 Å². The van der Waals surface area contributed by atoms with Gasteiger partial charge in [0.1, 0.15) is 0 Å². The smallest absolute Gasteiger partial charge is 0.238 e. The zero-order valence-electron chi connectivity index (χ0n) is 33.6. The number of nitrogens with zero attached hydrogens (tertiary/aromatic N) is 5. The van der Waals surface area contributed by atoms with Crippen LogP contribution < -0.4 is 0 Å². The first-order valence-corrected chi connectivity index (χ1v) is 21.0. The Morgan fingerprint density at radius 3 is 1.32 bits per heavy atom. The molecule has 0 saturated heterocycles. The first-order chi connectivity index (χ1) is 30.8. The lowest BCUT2D eigenvalue weighted by molar-refractivity contribution is 0.953. The number of benzene rings is 9. The van der Waals surface area contributed by atoms with Gasteiger partial charge in [0.15, 0.2) is 11.6 Å². The molecule has 3 heterocycles. The van der Waals surface area contributed by atoms with Crippen LogP contribution in [0.2, 0.25) is 0 Å². The quantitative estimate of drug-likeness (QED) is 0.162. The highest BCUT2D eigenvalue weighted by molar-refractivity contribution is 6.29. The minimum absolute atomic E-state index is 0.576. The Labute approximate surface area is 358 Å². The second-order valence-corrected chi connectivity index (χ2v) is 15.6. The van der Waals surface area contributed by atoms with Gasteiger partial charge in [0, 0.05) is 38.2 Å². The van der Waals surface area contributed by atoms with Crippen LogP contribution in [0.15, 0.2) is 224 Å². The highest BCUT2D eigenvalue weighted by atomic mass is 15.2. The van der Waals surface area contributed by atoms with Crippen LogP contribution in [0, 0.1) is 0 Å². The lowest BCUT2D eigenvalue weighted by atomic mass is 9.96. The normalized spacial score (nSPS) is 11.5. The number of para-hydroxylation sites is 3. The minimum Gasteiger partial charge on any atom is -0.309 e. The summed E-state index contributed by atoms with van der Waals surface area (Å²) in [5, 5.41) is 4.67. The van der Waals surface area contributed by atoms with E-state index in [9.17, 15) is 0 Å². The molecule has 0 aliphatic heterocycles. The summed E-state index contributed by atoms with van der Waals surface area (Å²) in [6, 6.07) is 79.3. The zero-order valence-corrected chi connectivity index (χ0v) is 33.6. The van der Waals surface area contributed by atoms with E-state index < -0.39 is 0 Å². The van der Waals surface area contributed by atoms with E-state index in [4.69, 9.17) is 15.0 Å². The molecule has 0 amide bonds. The summed E-state index contributed by atoms with van der Waals surface area (Å²) in [6.45, 7) is 0. The highest BCUT2D eigenvalue weighted by Crippen LogP contribution is 2.44. The predicted molar refractivity (Wildman–Crippen MR) is 256 cm³/mol. The summed E-state index contributed by atoms with van der Waals surface area (Å²) < 4.78 is 4.65. The van der Waals surface area contributed by atoms with E-state index in [0.29, 0.717) is 17.6 Å². The first kappa shape index (κ1) is 35.5. The molecule has 0 saturated carbocycles. The van der Waals surface area contributed by atoms with Gasteiger partial charge in [-0.25, -0.2) is 4.98 Å². The maximum atomic E-state index is 5.19. The Hall–Kier alpha value is -8.41. The van der Waals surface area contributed by atoms with Gasteiger partial charge in [-0.05, 0) is 64.2 Å². The molecule has 5 heteroatoms. The lowest BCUT2D eigenvalue weighted by Gasteiger charge is -2.15. The summed E-state index contributed by atoms with van der Waals surface area (Å²) in [6.07, 6.45) is 0. The fraction of sp³-hybridized carbons (Fsp3) is 0. The summed E-state index contributed by atoms with van der Waals surface area (Å²) in [5.74, 6) is 1.83. The van der Waals surface area contributed by atoms with Crippen molar-refractivity contribution >= 4 is 43.6 Å². The van der Waals surface area contributed by atoms with Crippen LogP contribution in [0.25, 0.3) is 111 Å². The average Bonchev–Trinajstić information content (AvgIpc) is 3.88. The third kappa shape index (κ3) is 5.90. The molecule has 290 valence electrons. The molecular weight excluding hydrogens is 755 g/mol. The van der Waals surface area contributed by atoms with E-state index >= 15 is 0 Å². The largest absolute Gasteiger partial charge is 0.309 e. The molecule has 12 rings (SSSR count). The molecular formula is C57H37N5. The molecule has 0 aliphatic carbocycles. The summed E-state index contributed by atoms with van der Waals surface area (Å²) >= 11 is 0. The average molecular weight is 792 g/mol. The van der Waals surface area contributed by atoms with Crippen LogP contribution >= 0.6 is 0 Å². The van der Waals surface area contributed by atoms with E-state index in [2.05, 4.69) is 197 Å². The van der Waals surface area contributed by atoms with Crippen LogP contribution in [0.3, 0.4) is 0 Å². The van der Waals surface area contributed by atoms with Crippen LogP contribution in [-0.2, 0) is 0 Å². The van der Waals surface area contributed by atoms with Crippen molar-refractivity contribution < 1.29 is 0 Å². The van der Waals surface area contributed by atoms with Crippen LogP contribution in [0.5, 0.6) is 0 Å². The van der Waals surface area contributed by atoms with Gasteiger partial charge in [-0.1, -0.05) is 188 Å². The number of hydrogen-bond donors (Lipinski definition) is 0. The van der Waals surface area contributed by atoms with Gasteiger partial charge in [0.2, 0.25) is 5.95 Å². The maximum Gasteiger partial charge on any atom is 0.238 e. The Morgan fingerprint density at radius 1 is 0.274 bits per heavy atom. The van der Waals surface area contributed by atoms with Crippen LogP contribution in [0.1, 0.15) is 0 Å². The highest BCUT2D eigenvalue weighted by Gasteiger charge is 2.23. The number of aromatic nitrogens is 5. The van der Waals surface area contributed by atoms with Crippen molar-refractivity contribution in [1.29, 1.82) is 0 Å². The van der Waals surface area contributed by atoms with Crippen molar-refractivity contribution in [2.45, 2.75) is 0 Å². The Bertz CT molecular complexity index is 3550. The third-order valence-corrected chi connectivity index (χ3v) is 12.0. The van der Waals surface area contributed by atoms with E-state index in [1.54, 1.807) is 0 Å². The molecule has 0 spiro atoms. The molecule has 0 N–H and O–H groups in total. The monoisotopic (exact) mass is 791 g/mol. The Balaban J connectivity index is 1.06. The van der Waals surface area contributed by atoms with Crippen molar-refractivity contribution in [3.63, 3.8) is 0 Å². The van der Waals surface area contributed by atoms with Crippen molar-refractivity contribution in [1.82, 2.24) is 24.1 Å². The van der Waals surface area contributed by atoms with Crippen molar-refractivity contribution in [3.05, 3.63) is 224 Å². The fourth-order valence-corrected chi connectivity index (χ4v) is 9.16. The number of rotatable bonds is 7. The van der Waals surface area contributed by atoms with Gasteiger partial charge in [-0.15, -0.1) is 0 Å². The Kier molecular flexibility index (Phi) is 8.42. The number of fused-ring (bicyclic) bond motifs is 7. The predicted octanol–water partition coefficient (Wildman–Crippen LogP) is 14.4. The molecule has 12 aromatic rings. The zero-order chi connectivity index (χ0) is 41.0. The van der Waals surface area contributed by atoms with Crippen LogP contribution in [-0.4, -0.2) is 24.1 Å². The van der Waals surface area contributed by atoms with Gasteiger partial charge in [-0.2, -0.15) is 9.97 Å². The van der Waals surface area contributed by atoms with Crippen molar-refractivity contribution in [2.24, 2.45) is 0 Å². The lowest BCUT2D eigenvalue weighted by Crippen LogP contribution is -2.06. The van der Waals surface area contributed by atoms with E-state index in [1.807, 2.05) is 36.4 Å². The topological polar surface area (TPSA) is 48.5 Å². The van der Waals surface area contributed by atoms with Crippen LogP contribution in [0.4, 0.5) is 0 Å².